The zero-order valence-corrected chi connectivity index (χ0v) is 18.7. The third-order valence-corrected chi connectivity index (χ3v) is 6.59. The number of rotatable bonds is 5. The number of carbonyl (C=O) groups excluding carboxylic acids is 1. The van der Waals surface area contributed by atoms with Crippen molar-refractivity contribution in [2.24, 2.45) is 0 Å². The van der Waals surface area contributed by atoms with Crippen LogP contribution in [0.1, 0.15) is 73.6 Å². The Morgan fingerprint density at radius 3 is 2.44 bits per heavy atom. The molecule has 0 aliphatic heterocycles. The van der Waals surface area contributed by atoms with E-state index in [0.717, 1.165) is 64.2 Å². The predicted molar refractivity (Wildman–Crippen MR) is 127 cm³/mol. The van der Waals surface area contributed by atoms with Crippen molar-refractivity contribution in [1.29, 1.82) is 0 Å². The smallest absolute Gasteiger partial charge is 0.163 e. The minimum atomic E-state index is 0.0859. The lowest BCUT2D eigenvalue weighted by atomic mass is 9.84. The van der Waals surface area contributed by atoms with Crippen molar-refractivity contribution in [2.45, 2.75) is 58.3 Å². The van der Waals surface area contributed by atoms with Gasteiger partial charge in [0.1, 0.15) is 0 Å². The number of benzene rings is 1. The minimum Gasteiger partial charge on any atom is -0.294 e. The fourth-order valence-corrected chi connectivity index (χ4v) is 4.99. The summed E-state index contributed by atoms with van der Waals surface area (Å²) in [6.07, 6.45) is 10.4. The summed E-state index contributed by atoms with van der Waals surface area (Å²) in [5.41, 5.74) is 7.50. The Balaban J connectivity index is 1.64. The fraction of sp³-hybridized carbons (Fsp3) is 0.333. The first-order chi connectivity index (χ1) is 15.7. The van der Waals surface area contributed by atoms with Gasteiger partial charge in [-0.25, -0.2) is 9.50 Å². The van der Waals surface area contributed by atoms with E-state index in [9.17, 15) is 4.79 Å². The summed E-state index contributed by atoms with van der Waals surface area (Å²) in [5.74, 6) is 0.432. The lowest BCUT2D eigenvalue weighted by Crippen LogP contribution is -2.17. The second-order valence-electron chi connectivity index (χ2n) is 8.66. The molecule has 1 aromatic carbocycles. The Labute approximate surface area is 188 Å². The summed E-state index contributed by atoms with van der Waals surface area (Å²) in [6.45, 7) is 3.74. The zero-order valence-electron chi connectivity index (χ0n) is 18.7. The molecule has 1 aliphatic rings. The van der Waals surface area contributed by atoms with Crippen molar-refractivity contribution < 1.29 is 4.79 Å². The standard InChI is InChI=1S/C27H28N4O/c1-3-24-25(18(2)32)26(20-12-8-5-9-13-20)30-27-22(17-29-31(24)27)21-14-15-23(28-16-21)19-10-6-4-7-11-19/h4,6-7,10-11,14-17,20H,3,5,8-9,12-13H2,1-2H3. The maximum absolute atomic E-state index is 12.7. The van der Waals surface area contributed by atoms with E-state index in [4.69, 9.17) is 9.97 Å². The summed E-state index contributed by atoms with van der Waals surface area (Å²) in [4.78, 5) is 22.5. The van der Waals surface area contributed by atoms with Crippen molar-refractivity contribution in [2.75, 3.05) is 0 Å². The van der Waals surface area contributed by atoms with E-state index in [1.165, 1.54) is 19.3 Å². The second kappa shape index (κ2) is 8.65. The molecule has 0 bridgehead atoms. The Hall–Kier alpha value is -3.34. The molecule has 4 aromatic rings. The van der Waals surface area contributed by atoms with E-state index >= 15 is 0 Å². The molecule has 0 amide bonds. The quantitative estimate of drug-likeness (QED) is 0.354. The highest BCUT2D eigenvalue weighted by atomic mass is 16.1. The third kappa shape index (κ3) is 3.62. The number of aromatic nitrogens is 4. The molecule has 1 saturated carbocycles. The van der Waals surface area contributed by atoms with Crippen LogP contribution in [0.25, 0.3) is 28.0 Å². The van der Waals surface area contributed by atoms with Gasteiger partial charge in [0.25, 0.3) is 0 Å². The van der Waals surface area contributed by atoms with Gasteiger partial charge in [0.2, 0.25) is 0 Å². The zero-order chi connectivity index (χ0) is 22.1. The van der Waals surface area contributed by atoms with E-state index in [0.29, 0.717) is 5.92 Å². The van der Waals surface area contributed by atoms with Gasteiger partial charge in [0.15, 0.2) is 11.4 Å². The van der Waals surface area contributed by atoms with Gasteiger partial charge in [-0.1, -0.05) is 62.6 Å². The molecule has 1 aliphatic carbocycles. The molecule has 0 saturated heterocycles. The van der Waals surface area contributed by atoms with Crippen molar-refractivity contribution >= 4 is 11.4 Å². The maximum atomic E-state index is 12.7. The van der Waals surface area contributed by atoms with Gasteiger partial charge < -0.3 is 0 Å². The number of hydrogen-bond acceptors (Lipinski definition) is 4. The van der Waals surface area contributed by atoms with Crippen LogP contribution in [-0.2, 0) is 6.42 Å². The van der Waals surface area contributed by atoms with Gasteiger partial charge in [-0.2, -0.15) is 5.10 Å². The highest BCUT2D eigenvalue weighted by molar-refractivity contribution is 5.97. The molecule has 5 nitrogen and oxygen atoms in total. The topological polar surface area (TPSA) is 60.2 Å². The first kappa shape index (κ1) is 20.6. The van der Waals surface area contributed by atoms with Crippen LogP contribution in [0.15, 0.2) is 54.9 Å². The van der Waals surface area contributed by atoms with Gasteiger partial charge in [0.05, 0.1) is 28.8 Å². The molecule has 0 radical (unpaired) electrons. The molecule has 32 heavy (non-hydrogen) atoms. The monoisotopic (exact) mass is 424 g/mol. The number of carbonyl (C=O) groups is 1. The highest BCUT2D eigenvalue weighted by Gasteiger charge is 2.27. The Morgan fingerprint density at radius 1 is 1.00 bits per heavy atom. The van der Waals surface area contributed by atoms with Gasteiger partial charge >= 0.3 is 0 Å². The SMILES string of the molecule is CCc1c(C(C)=O)c(C2CCCCC2)nc2c(-c3ccc(-c4ccccc4)nc3)cnn12. The number of Topliss-reactive ketones (excluding diaryl/α,β-unsaturated/α-hetero) is 1. The van der Waals surface area contributed by atoms with Gasteiger partial charge in [-0.3, -0.25) is 9.78 Å². The average Bonchev–Trinajstić information content (AvgIpc) is 3.28. The van der Waals surface area contributed by atoms with Crippen molar-refractivity contribution in [3.8, 4) is 22.4 Å². The van der Waals surface area contributed by atoms with Crippen molar-refractivity contribution in [1.82, 2.24) is 19.6 Å². The first-order valence-corrected chi connectivity index (χ1v) is 11.6. The summed E-state index contributed by atoms with van der Waals surface area (Å²) in [5, 5.41) is 4.65. The molecule has 0 unspecified atom stereocenters. The predicted octanol–water partition coefficient (Wildman–Crippen LogP) is 6.27. The van der Waals surface area contributed by atoms with E-state index in [2.05, 4.69) is 30.2 Å². The minimum absolute atomic E-state index is 0.0859. The molecule has 0 N–H and O–H groups in total. The molecule has 3 aromatic heterocycles. The number of ketones is 1. The molecule has 5 heteroatoms. The largest absolute Gasteiger partial charge is 0.294 e. The molecule has 0 spiro atoms. The van der Waals surface area contributed by atoms with Gasteiger partial charge in [-0.15, -0.1) is 0 Å². The number of aryl methyl sites for hydroxylation is 1. The summed E-state index contributed by atoms with van der Waals surface area (Å²) < 4.78 is 1.86. The molecule has 3 heterocycles. The van der Waals surface area contributed by atoms with Crippen LogP contribution in [0, 0.1) is 0 Å². The van der Waals surface area contributed by atoms with Crippen LogP contribution < -0.4 is 0 Å². The van der Waals surface area contributed by atoms with Crippen LogP contribution in [0.5, 0.6) is 0 Å². The Kier molecular flexibility index (Phi) is 5.56. The lowest BCUT2D eigenvalue weighted by molar-refractivity contribution is 0.101. The molecule has 162 valence electrons. The van der Waals surface area contributed by atoms with E-state index < -0.39 is 0 Å². The van der Waals surface area contributed by atoms with Crippen LogP contribution >= 0.6 is 0 Å². The van der Waals surface area contributed by atoms with Crippen molar-refractivity contribution in [3.63, 3.8) is 0 Å². The van der Waals surface area contributed by atoms with Crippen LogP contribution in [0.3, 0.4) is 0 Å². The normalized spacial score (nSPS) is 14.7. The number of hydrogen-bond donors (Lipinski definition) is 0. The average molecular weight is 425 g/mol. The summed E-state index contributed by atoms with van der Waals surface area (Å²) in [7, 11) is 0. The van der Waals surface area contributed by atoms with E-state index in [1.54, 1.807) is 6.92 Å². The summed E-state index contributed by atoms with van der Waals surface area (Å²) >= 11 is 0. The maximum Gasteiger partial charge on any atom is 0.163 e. The van der Waals surface area contributed by atoms with E-state index in [-0.39, 0.29) is 5.78 Å². The number of fused-ring (bicyclic) bond motifs is 1. The number of pyridine rings is 1. The Bertz CT molecular complexity index is 1250. The molecule has 1 fully saturated rings. The third-order valence-electron chi connectivity index (χ3n) is 6.59. The van der Waals surface area contributed by atoms with Crippen LogP contribution in [0.2, 0.25) is 0 Å². The lowest BCUT2D eigenvalue weighted by Gasteiger charge is -2.24. The van der Waals surface area contributed by atoms with Gasteiger partial charge in [0, 0.05) is 28.8 Å². The molecular weight excluding hydrogens is 396 g/mol. The summed E-state index contributed by atoms with van der Waals surface area (Å²) in [6, 6.07) is 14.3. The number of nitrogens with zero attached hydrogens (tertiary/aromatic N) is 4. The van der Waals surface area contributed by atoms with Gasteiger partial charge in [-0.05, 0) is 32.3 Å². The van der Waals surface area contributed by atoms with E-state index in [1.807, 2.05) is 41.2 Å². The Morgan fingerprint density at radius 2 is 1.78 bits per heavy atom. The molecule has 0 atom stereocenters. The molecule has 5 rings (SSSR count). The first-order valence-electron chi connectivity index (χ1n) is 11.6. The van der Waals surface area contributed by atoms with Crippen LogP contribution in [-0.4, -0.2) is 25.4 Å². The highest BCUT2D eigenvalue weighted by Crippen LogP contribution is 2.36. The fourth-order valence-electron chi connectivity index (χ4n) is 4.99. The second-order valence-corrected chi connectivity index (χ2v) is 8.66. The molecular formula is C27H28N4O. The van der Waals surface area contributed by atoms with Crippen molar-refractivity contribution in [3.05, 3.63) is 71.8 Å². The van der Waals surface area contributed by atoms with Crippen LogP contribution in [0.4, 0.5) is 0 Å².